The molecule has 5 heteroatoms. The van der Waals surface area contributed by atoms with E-state index in [0.29, 0.717) is 18.2 Å². The minimum absolute atomic E-state index is 0.0983. The number of nitrogens with zero attached hydrogens (tertiary/aromatic N) is 2. The molecule has 1 saturated carbocycles. The van der Waals surface area contributed by atoms with Gasteiger partial charge in [-0.3, -0.25) is 0 Å². The average Bonchev–Trinajstić information content (AvgIpc) is 3.18. The lowest BCUT2D eigenvalue weighted by molar-refractivity contribution is 0.00305. The summed E-state index contributed by atoms with van der Waals surface area (Å²) in [6.45, 7) is 0.752. The molecule has 0 bridgehead atoms. The fraction of sp³-hybridized carbons (Fsp3) is 0.435. The van der Waals surface area contributed by atoms with Crippen molar-refractivity contribution >= 4 is 11.3 Å². The molecule has 1 aliphatic carbocycles. The predicted octanol–water partition coefficient (Wildman–Crippen LogP) is 5.20. The highest BCUT2D eigenvalue weighted by molar-refractivity contribution is 7.09. The topological polar surface area (TPSA) is 39.6 Å². The predicted molar refractivity (Wildman–Crippen MR) is 109 cm³/mol. The molecule has 3 aliphatic rings. The fourth-order valence-electron chi connectivity index (χ4n) is 5.17. The van der Waals surface area contributed by atoms with Gasteiger partial charge in [0.15, 0.2) is 0 Å². The zero-order chi connectivity index (χ0) is 18.6. The van der Waals surface area contributed by atoms with Crippen LogP contribution in [-0.4, -0.2) is 27.4 Å². The molecule has 2 atom stereocenters. The Labute approximate surface area is 169 Å². The summed E-state index contributed by atoms with van der Waals surface area (Å²) in [5, 5.41) is 2.12. The third kappa shape index (κ3) is 2.76. The molecule has 6 rings (SSSR count). The number of epoxide rings is 1. The van der Waals surface area contributed by atoms with E-state index in [4.69, 9.17) is 9.47 Å². The highest BCUT2D eigenvalue weighted by Gasteiger charge is 2.58. The lowest BCUT2D eigenvalue weighted by Crippen LogP contribution is -2.29. The molecule has 3 aromatic rings. The minimum atomic E-state index is 0.0983. The van der Waals surface area contributed by atoms with E-state index in [1.807, 2.05) is 12.5 Å². The van der Waals surface area contributed by atoms with E-state index >= 15 is 0 Å². The van der Waals surface area contributed by atoms with Gasteiger partial charge in [-0.1, -0.05) is 30.3 Å². The van der Waals surface area contributed by atoms with Crippen molar-refractivity contribution in [3.63, 3.8) is 0 Å². The highest BCUT2D eigenvalue weighted by atomic mass is 32.1. The van der Waals surface area contributed by atoms with Crippen molar-refractivity contribution in [3.05, 3.63) is 64.7 Å². The van der Waals surface area contributed by atoms with Gasteiger partial charge in [-0.15, -0.1) is 11.3 Å². The summed E-state index contributed by atoms with van der Waals surface area (Å²) in [5.74, 6) is 0. The Bertz CT molecular complexity index is 972. The number of ether oxygens (including phenoxy) is 2. The Morgan fingerprint density at radius 1 is 1.18 bits per heavy atom. The molecule has 0 N–H and O–H groups in total. The number of rotatable bonds is 5. The number of hydrogen-bond donors (Lipinski definition) is 0. The number of aromatic nitrogens is 2. The van der Waals surface area contributed by atoms with Crippen molar-refractivity contribution in [1.82, 2.24) is 9.55 Å². The molecule has 1 spiro atoms. The smallest absolute Gasteiger partial charge is 0.0956 e. The number of thiophene rings is 1. The second kappa shape index (κ2) is 6.55. The van der Waals surface area contributed by atoms with E-state index in [-0.39, 0.29) is 5.60 Å². The molecule has 2 unspecified atom stereocenters. The van der Waals surface area contributed by atoms with Crippen molar-refractivity contribution in [1.29, 1.82) is 0 Å². The molecule has 2 fully saturated rings. The van der Waals surface area contributed by atoms with Crippen LogP contribution in [0.5, 0.6) is 0 Å². The van der Waals surface area contributed by atoms with E-state index in [1.54, 1.807) is 11.3 Å². The number of imidazole rings is 1. The quantitative estimate of drug-likeness (QED) is 0.560. The van der Waals surface area contributed by atoms with Gasteiger partial charge in [-0.25, -0.2) is 4.98 Å². The first kappa shape index (κ1) is 17.0. The molecule has 4 heterocycles. The van der Waals surface area contributed by atoms with Crippen molar-refractivity contribution in [2.24, 2.45) is 0 Å². The van der Waals surface area contributed by atoms with Gasteiger partial charge in [0.05, 0.1) is 48.7 Å². The summed E-state index contributed by atoms with van der Waals surface area (Å²) >= 11 is 1.77. The Morgan fingerprint density at radius 2 is 2.07 bits per heavy atom. The molecule has 2 aromatic heterocycles. The van der Waals surface area contributed by atoms with E-state index < -0.39 is 0 Å². The molecular weight excluding hydrogens is 368 g/mol. The van der Waals surface area contributed by atoms with Crippen LogP contribution in [0.2, 0.25) is 0 Å². The van der Waals surface area contributed by atoms with Crippen LogP contribution in [0.4, 0.5) is 0 Å². The van der Waals surface area contributed by atoms with Gasteiger partial charge >= 0.3 is 0 Å². The van der Waals surface area contributed by atoms with Crippen molar-refractivity contribution in [3.8, 4) is 11.3 Å². The standard InChI is InChI=1S/C23H24N2O2S/c1-2-6-19-18(5-1)20(25-15-24-13-21(19)25)12-22-23(27-22)9-7-16(8-10-23)26-14-17-4-3-11-28-17/h1-6,11,13,15-16,20,22H,7-10,12,14H2. The van der Waals surface area contributed by atoms with Crippen LogP contribution in [-0.2, 0) is 16.1 Å². The van der Waals surface area contributed by atoms with Crippen LogP contribution in [0.3, 0.4) is 0 Å². The number of hydrogen-bond acceptors (Lipinski definition) is 4. The molecule has 2 aliphatic heterocycles. The van der Waals surface area contributed by atoms with Crippen LogP contribution in [0.1, 0.15) is 48.6 Å². The molecule has 28 heavy (non-hydrogen) atoms. The Balaban J connectivity index is 1.09. The first-order valence-electron chi connectivity index (χ1n) is 10.3. The maximum Gasteiger partial charge on any atom is 0.0956 e. The fourth-order valence-corrected chi connectivity index (χ4v) is 5.79. The molecule has 1 saturated heterocycles. The summed E-state index contributed by atoms with van der Waals surface area (Å²) in [6.07, 6.45) is 10.2. The Morgan fingerprint density at radius 3 is 2.93 bits per heavy atom. The average molecular weight is 393 g/mol. The number of fused-ring (bicyclic) bond motifs is 3. The molecule has 4 nitrogen and oxygen atoms in total. The maximum atomic E-state index is 6.33. The third-order valence-corrected chi connectivity index (χ3v) is 7.61. The summed E-state index contributed by atoms with van der Waals surface area (Å²) < 4.78 is 14.8. The second-order valence-electron chi connectivity index (χ2n) is 8.29. The van der Waals surface area contributed by atoms with E-state index in [1.165, 1.54) is 21.7 Å². The zero-order valence-electron chi connectivity index (χ0n) is 15.8. The SMILES string of the molecule is c1csc(COC2CCC3(CC2)OC3CC2c3ccccc3-c3cncn32)c1. The van der Waals surface area contributed by atoms with Crippen LogP contribution in [0, 0.1) is 0 Å². The monoisotopic (exact) mass is 392 g/mol. The van der Waals surface area contributed by atoms with Gasteiger partial charge < -0.3 is 14.0 Å². The zero-order valence-corrected chi connectivity index (χ0v) is 16.6. The lowest BCUT2D eigenvalue weighted by Gasteiger charge is -2.27. The van der Waals surface area contributed by atoms with Gasteiger partial charge in [0.1, 0.15) is 0 Å². The molecular formula is C23H24N2O2S. The largest absolute Gasteiger partial charge is 0.373 e. The Hall–Kier alpha value is -1.95. The van der Waals surface area contributed by atoms with E-state index in [2.05, 4.69) is 51.3 Å². The summed E-state index contributed by atoms with van der Waals surface area (Å²) in [6, 6.07) is 13.3. The maximum absolute atomic E-state index is 6.33. The lowest BCUT2D eigenvalue weighted by atomic mass is 9.82. The van der Waals surface area contributed by atoms with Gasteiger partial charge in [0, 0.05) is 16.9 Å². The van der Waals surface area contributed by atoms with Crippen molar-refractivity contribution < 1.29 is 9.47 Å². The van der Waals surface area contributed by atoms with Crippen LogP contribution >= 0.6 is 11.3 Å². The first-order valence-corrected chi connectivity index (χ1v) is 11.1. The molecule has 144 valence electrons. The molecule has 0 radical (unpaired) electrons. The first-order chi connectivity index (χ1) is 13.8. The second-order valence-corrected chi connectivity index (χ2v) is 9.32. The van der Waals surface area contributed by atoms with Crippen molar-refractivity contribution in [2.75, 3.05) is 0 Å². The third-order valence-electron chi connectivity index (χ3n) is 6.76. The number of benzene rings is 1. The van der Waals surface area contributed by atoms with Crippen LogP contribution in [0.15, 0.2) is 54.3 Å². The van der Waals surface area contributed by atoms with Gasteiger partial charge in [0.25, 0.3) is 0 Å². The van der Waals surface area contributed by atoms with Crippen LogP contribution in [0.25, 0.3) is 11.3 Å². The van der Waals surface area contributed by atoms with Crippen molar-refractivity contribution in [2.45, 2.75) is 62.6 Å². The normalized spacial score (nSPS) is 30.4. The van der Waals surface area contributed by atoms with E-state index in [0.717, 1.165) is 38.7 Å². The highest BCUT2D eigenvalue weighted by Crippen LogP contribution is 2.53. The molecule has 1 aromatic carbocycles. The summed E-state index contributed by atoms with van der Waals surface area (Å²) in [7, 11) is 0. The van der Waals surface area contributed by atoms with Gasteiger partial charge in [-0.05, 0) is 42.7 Å². The summed E-state index contributed by atoms with van der Waals surface area (Å²) in [4.78, 5) is 5.70. The Kier molecular flexibility index (Phi) is 3.96. The molecule has 0 amide bonds. The van der Waals surface area contributed by atoms with Crippen LogP contribution < -0.4 is 0 Å². The van der Waals surface area contributed by atoms with Gasteiger partial charge in [-0.2, -0.15) is 0 Å². The van der Waals surface area contributed by atoms with Gasteiger partial charge in [0.2, 0.25) is 0 Å². The minimum Gasteiger partial charge on any atom is -0.373 e. The van der Waals surface area contributed by atoms with E-state index in [9.17, 15) is 0 Å². The summed E-state index contributed by atoms with van der Waals surface area (Å²) in [5.41, 5.74) is 4.08.